The number of methoxy groups -OCH3 is 1. The Morgan fingerprint density at radius 2 is 1.69 bits per heavy atom. The molecule has 0 saturated heterocycles. The van der Waals surface area contributed by atoms with E-state index in [0.29, 0.717) is 11.4 Å². The molecule has 0 saturated carbocycles. The van der Waals surface area contributed by atoms with Gasteiger partial charge in [-0.15, -0.1) is 4.83 Å². The number of hydrogen-bond donors (Lipinski definition) is 3. The number of hydrogen-bond acceptors (Lipinski definition) is 7. The van der Waals surface area contributed by atoms with E-state index < -0.39 is 22.0 Å². The smallest absolute Gasteiger partial charge is 0.339 e. The third-order valence-corrected chi connectivity index (χ3v) is 4.39. The molecular weight excluding hydrogens is 362 g/mol. The average Bonchev–Trinajstić information content (AvgIpc) is 2.58. The lowest BCUT2D eigenvalue weighted by molar-refractivity contribution is 0.0596. The van der Waals surface area contributed by atoms with Crippen molar-refractivity contribution >= 4 is 28.0 Å². The molecule has 0 aliphatic rings. The second-order valence-electron chi connectivity index (χ2n) is 5.15. The third kappa shape index (κ3) is 4.74. The summed E-state index contributed by atoms with van der Waals surface area (Å²) in [6, 6.07) is 6.25. The summed E-state index contributed by atoms with van der Waals surface area (Å²) >= 11 is 0. The van der Waals surface area contributed by atoms with Crippen molar-refractivity contribution in [3.8, 4) is 0 Å². The Morgan fingerprint density at radius 1 is 1.08 bits per heavy atom. The van der Waals surface area contributed by atoms with E-state index in [4.69, 9.17) is 0 Å². The van der Waals surface area contributed by atoms with Crippen LogP contribution >= 0.6 is 0 Å². The van der Waals surface area contributed by atoms with Gasteiger partial charge in [0.25, 0.3) is 10.0 Å². The predicted molar refractivity (Wildman–Crippen MR) is 91.8 cm³/mol. The zero-order valence-corrected chi connectivity index (χ0v) is 15.0. The summed E-state index contributed by atoms with van der Waals surface area (Å²) in [6.07, 6.45) is 0. The van der Waals surface area contributed by atoms with Crippen LogP contribution in [0.25, 0.3) is 0 Å². The number of aromatic nitrogens is 2. The minimum absolute atomic E-state index is 0.0224. The number of nitrogens with zero attached hydrogens (tertiary/aromatic N) is 2. The van der Waals surface area contributed by atoms with Crippen molar-refractivity contribution in [2.24, 2.45) is 0 Å². The molecule has 0 fully saturated rings. The first-order valence-corrected chi connectivity index (χ1v) is 8.79. The Bertz CT molecular complexity index is 925. The van der Waals surface area contributed by atoms with Crippen LogP contribution in [-0.4, -0.2) is 37.5 Å². The first kappa shape index (κ1) is 19.3. The second-order valence-corrected chi connectivity index (χ2v) is 6.80. The lowest BCUT2D eigenvalue weighted by atomic mass is 10.2. The van der Waals surface area contributed by atoms with Crippen molar-refractivity contribution in [2.45, 2.75) is 18.7 Å². The number of carbonyl (C=O) groups excluding carboxylic acids is 2. The van der Waals surface area contributed by atoms with Gasteiger partial charge in [0.15, 0.2) is 0 Å². The molecule has 0 bridgehead atoms. The van der Waals surface area contributed by atoms with E-state index in [2.05, 4.69) is 20.0 Å². The van der Waals surface area contributed by atoms with Crippen molar-refractivity contribution in [1.29, 1.82) is 0 Å². The number of amides is 2. The summed E-state index contributed by atoms with van der Waals surface area (Å²) < 4.78 is 29.2. The highest BCUT2D eigenvalue weighted by molar-refractivity contribution is 7.89. The first-order chi connectivity index (χ1) is 12.2. The number of rotatable bonds is 5. The van der Waals surface area contributed by atoms with Crippen molar-refractivity contribution in [2.75, 3.05) is 12.4 Å². The molecule has 0 spiro atoms. The topological polar surface area (TPSA) is 139 Å². The Kier molecular flexibility index (Phi) is 5.85. The Morgan fingerprint density at radius 3 is 2.31 bits per heavy atom. The number of carbonyl (C=O) groups is 2. The number of aryl methyl sites for hydroxylation is 2. The van der Waals surface area contributed by atoms with Crippen LogP contribution in [0.2, 0.25) is 0 Å². The number of sulfonamides is 1. The van der Waals surface area contributed by atoms with Gasteiger partial charge in [0.1, 0.15) is 0 Å². The summed E-state index contributed by atoms with van der Waals surface area (Å²) in [6.45, 7) is 3.45. The molecule has 10 nitrogen and oxygen atoms in total. The highest BCUT2D eigenvalue weighted by Gasteiger charge is 2.23. The fourth-order valence-corrected chi connectivity index (χ4v) is 3.10. The summed E-state index contributed by atoms with van der Waals surface area (Å²) in [7, 11) is -3.08. The fourth-order valence-electron chi connectivity index (χ4n) is 2.06. The van der Waals surface area contributed by atoms with E-state index in [9.17, 15) is 18.0 Å². The maximum atomic E-state index is 12.3. The van der Waals surface area contributed by atoms with Gasteiger partial charge in [0.2, 0.25) is 5.95 Å². The molecule has 1 aromatic carbocycles. The maximum Gasteiger partial charge on any atom is 0.339 e. The molecule has 0 aliphatic heterocycles. The van der Waals surface area contributed by atoms with E-state index in [1.165, 1.54) is 24.3 Å². The molecule has 1 heterocycles. The van der Waals surface area contributed by atoms with Crippen molar-refractivity contribution < 1.29 is 22.7 Å². The number of esters is 1. The highest BCUT2D eigenvalue weighted by Crippen LogP contribution is 2.15. The van der Waals surface area contributed by atoms with Crippen LogP contribution in [-0.2, 0) is 14.8 Å². The molecular formula is C15H17N5O5S. The van der Waals surface area contributed by atoms with Gasteiger partial charge in [0.05, 0.1) is 17.6 Å². The van der Waals surface area contributed by atoms with E-state index in [0.717, 1.165) is 7.11 Å². The molecule has 0 radical (unpaired) electrons. The average molecular weight is 379 g/mol. The van der Waals surface area contributed by atoms with Crippen LogP contribution in [0.4, 0.5) is 10.7 Å². The van der Waals surface area contributed by atoms with Crippen LogP contribution in [0.1, 0.15) is 21.7 Å². The number of ether oxygens (including phenoxy) is 1. The van der Waals surface area contributed by atoms with Gasteiger partial charge in [-0.3, -0.25) is 10.7 Å². The molecule has 0 atom stereocenters. The SMILES string of the molecule is COC(=O)c1ccccc1S(=O)(=O)NNC(=O)Nc1nc(C)cc(C)n1. The van der Waals surface area contributed by atoms with Gasteiger partial charge >= 0.3 is 12.0 Å². The summed E-state index contributed by atoms with van der Waals surface area (Å²) in [5.41, 5.74) is 3.09. The molecule has 0 aliphatic carbocycles. The van der Waals surface area contributed by atoms with Crippen molar-refractivity contribution in [3.05, 3.63) is 47.3 Å². The van der Waals surface area contributed by atoms with Gasteiger partial charge < -0.3 is 4.74 Å². The molecule has 2 aromatic rings. The number of benzene rings is 1. The molecule has 0 unspecified atom stereocenters. The van der Waals surface area contributed by atoms with E-state index in [-0.39, 0.29) is 16.4 Å². The van der Waals surface area contributed by atoms with Crippen molar-refractivity contribution in [3.63, 3.8) is 0 Å². The van der Waals surface area contributed by atoms with E-state index in [1.807, 2.05) is 10.3 Å². The number of urea groups is 1. The van der Waals surface area contributed by atoms with Gasteiger partial charge in [-0.25, -0.2) is 28.0 Å². The minimum atomic E-state index is -4.21. The van der Waals surface area contributed by atoms with Crippen LogP contribution in [0.15, 0.2) is 35.2 Å². The van der Waals surface area contributed by atoms with E-state index in [1.54, 1.807) is 19.9 Å². The lowest BCUT2D eigenvalue weighted by Gasteiger charge is -2.11. The quantitative estimate of drug-likeness (QED) is 0.518. The van der Waals surface area contributed by atoms with Crippen LogP contribution in [0.3, 0.4) is 0 Å². The molecule has 26 heavy (non-hydrogen) atoms. The largest absolute Gasteiger partial charge is 0.465 e. The summed E-state index contributed by atoms with van der Waals surface area (Å²) in [5.74, 6) is -0.798. The normalized spacial score (nSPS) is 10.9. The van der Waals surface area contributed by atoms with Crippen LogP contribution < -0.4 is 15.6 Å². The summed E-state index contributed by atoms with van der Waals surface area (Å²) in [5, 5.41) is 2.31. The molecule has 138 valence electrons. The molecule has 3 N–H and O–H groups in total. The Balaban J connectivity index is 2.11. The van der Waals surface area contributed by atoms with Gasteiger partial charge in [-0.05, 0) is 32.0 Å². The fraction of sp³-hybridized carbons (Fsp3) is 0.200. The lowest BCUT2D eigenvalue weighted by Crippen LogP contribution is -2.44. The standard InChI is InChI=1S/C15H17N5O5S/c1-9-8-10(2)17-14(16-9)18-15(22)19-20-26(23,24)12-7-5-4-6-11(12)13(21)25-3/h4-8,20H,1-3H3,(H2,16,17,18,19,22). The van der Waals surface area contributed by atoms with Gasteiger partial charge in [-0.1, -0.05) is 12.1 Å². The summed E-state index contributed by atoms with van der Waals surface area (Å²) in [4.78, 5) is 33.1. The van der Waals surface area contributed by atoms with Crippen molar-refractivity contribution in [1.82, 2.24) is 20.2 Å². The maximum absolute atomic E-state index is 12.3. The molecule has 2 amide bonds. The Labute approximate surface area is 150 Å². The molecule has 11 heteroatoms. The van der Waals surface area contributed by atoms with E-state index >= 15 is 0 Å². The number of anilines is 1. The number of nitrogens with one attached hydrogen (secondary N) is 3. The number of hydrazine groups is 1. The third-order valence-electron chi connectivity index (χ3n) is 3.09. The molecule has 1 aromatic heterocycles. The zero-order chi connectivity index (χ0) is 19.3. The Hall–Kier alpha value is -3.05. The predicted octanol–water partition coefficient (Wildman–Crippen LogP) is 0.895. The monoisotopic (exact) mass is 379 g/mol. The zero-order valence-electron chi connectivity index (χ0n) is 14.2. The van der Waals surface area contributed by atoms with Crippen LogP contribution in [0, 0.1) is 13.8 Å². The second kappa shape index (κ2) is 7.89. The first-order valence-electron chi connectivity index (χ1n) is 7.31. The van der Waals surface area contributed by atoms with Gasteiger partial charge in [0, 0.05) is 11.4 Å². The highest BCUT2D eigenvalue weighted by atomic mass is 32.2. The van der Waals surface area contributed by atoms with Crippen LogP contribution in [0.5, 0.6) is 0 Å². The minimum Gasteiger partial charge on any atom is -0.465 e. The van der Waals surface area contributed by atoms with Gasteiger partial charge in [-0.2, -0.15) is 0 Å². The molecule has 2 rings (SSSR count).